The summed E-state index contributed by atoms with van der Waals surface area (Å²) in [6.07, 6.45) is 2.23. The van der Waals surface area contributed by atoms with Gasteiger partial charge in [0.2, 0.25) is 0 Å². The average molecular weight is 386 g/mol. The average Bonchev–Trinajstić information content (AvgIpc) is 2.89. The number of carbonyl (C=O) groups is 3. The van der Waals surface area contributed by atoms with Crippen LogP contribution in [0.5, 0.6) is 5.75 Å². The molecule has 0 saturated heterocycles. The van der Waals surface area contributed by atoms with Crippen LogP contribution in [0.1, 0.15) is 57.6 Å². The standard InChI is InChI=1S/C22H26O6/c1-12(23)27-15-5-7-16-14(10-15)4-6-18-17-8-9-19(25)21(17,3)11-20(22(16,18)26)28-13(2)24/h5,7,10,17-18,20,26H,4,6,8-9,11H2,1-3H3/t17-,18-,20-,21-,22+/m1/s1. The van der Waals surface area contributed by atoms with Gasteiger partial charge in [-0.1, -0.05) is 13.0 Å². The number of hydrogen-bond donors (Lipinski definition) is 1. The fourth-order valence-corrected chi connectivity index (χ4v) is 5.93. The molecule has 6 nitrogen and oxygen atoms in total. The number of hydrogen-bond acceptors (Lipinski definition) is 6. The quantitative estimate of drug-likeness (QED) is 0.621. The summed E-state index contributed by atoms with van der Waals surface area (Å²) in [6.45, 7) is 4.64. The summed E-state index contributed by atoms with van der Waals surface area (Å²) in [4.78, 5) is 35.8. The van der Waals surface area contributed by atoms with Gasteiger partial charge in [0.15, 0.2) is 0 Å². The fourth-order valence-electron chi connectivity index (χ4n) is 5.93. The molecule has 2 saturated carbocycles. The molecule has 0 bridgehead atoms. The van der Waals surface area contributed by atoms with Gasteiger partial charge in [-0.25, -0.2) is 0 Å². The van der Waals surface area contributed by atoms with Crippen LogP contribution in [-0.2, 0) is 31.1 Å². The second-order valence-corrected chi connectivity index (χ2v) is 8.67. The summed E-state index contributed by atoms with van der Waals surface area (Å²) in [5, 5.41) is 12.0. The lowest BCUT2D eigenvalue weighted by Gasteiger charge is -2.56. The summed E-state index contributed by atoms with van der Waals surface area (Å²) in [7, 11) is 0. The Balaban J connectivity index is 1.81. The zero-order chi connectivity index (χ0) is 20.3. The Morgan fingerprint density at radius 2 is 1.82 bits per heavy atom. The van der Waals surface area contributed by atoms with Crippen molar-refractivity contribution in [1.82, 2.24) is 0 Å². The van der Waals surface area contributed by atoms with Crippen molar-refractivity contribution in [3.05, 3.63) is 29.3 Å². The van der Waals surface area contributed by atoms with Gasteiger partial charge in [0.25, 0.3) is 0 Å². The number of rotatable bonds is 2. The maximum atomic E-state index is 12.7. The predicted octanol–water partition coefficient (Wildman–Crippen LogP) is 2.68. The molecule has 5 atom stereocenters. The van der Waals surface area contributed by atoms with Crippen molar-refractivity contribution in [3.8, 4) is 5.75 Å². The van der Waals surface area contributed by atoms with Gasteiger partial charge in [-0.3, -0.25) is 14.4 Å². The molecule has 150 valence electrons. The molecule has 3 aliphatic carbocycles. The van der Waals surface area contributed by atoms with Crippen molar-refractivity contribution in [1.29, 1.82) is 0 Å². The van der Waals surface area contributed by atoms with E-state index in [1.807, 2.05) is 6.92 Å². The minimum Gasteiger partial charge on any atom is -0.459 e. The SMILES string of the molecule is CC(=O)Oc1ccc2c(c1)CC[C@@H]1[C@H]3CCC(=O)[C@]3(C)C[C@@H](OC(C)=O)[C@]21O. The number of fused-ring (bicyclic) bond motifs is 5. The van der Waals surface area contributed by atoms with E-state index in [0.717, 1.165) is 12.0 Å². The van der Waals surface area contributed by atoms with E-state index in [9.17, 15) is 19.5 Å². The number of esters is 2. The van der Waals surface area contributed by atoms with E-state index in [1.54, 1.807) is 18.2 Å². The molecule has 2 fully saturated rings. The molecule has 0 aliphatic heterocycles. The Kier molecular flexibility index (Phi) is 4.38. The van der Waals surface area contributed by atoms with E-state index >= 15 is 0 Å². The van der Waals surface area contributed by atoms with Crippen molar-refractivity contribution in [2.45, 2.75) is 64.6 Å². The number of benzene rings is 1. The normalized spacial score (nSPS) is 36.1. The Bertz CT molecular complexity index is 861. The number of carbonyl (C=O) groups excluding carboxylic acids is 3. The highest BCUT2D eigenvalue weighted by Crippen LogP contribution is 2.62. The molecular formula is C22H26O6. The molecule has 0 radical (unpaired) electrons. The number of aliphatic hydroxyl groups is 1. The highest BCUT2D eigenvalue weighted by molar-refractivity contribution is 5.87. The van der Waals surface area contributed by atoms with Gasteiger partial charge in [-0.05, 0) is 54.4 Å². The summed E-state index contributed by atoms with van der Waals surface area (Å²) in [6, 6.07) is 5.22. The minimum atomic E-state index is -1.34. The molecule has 0 heterocycles. The third-order valence-electron chi connectivity index (χ3n) is 7.09. The molecule has 1 aromatic rings. The third kappa shape index (κ3) is 2.69. The Hall–Kier alpha value is -2.21. The first-order valence-electron chi connectivity index (χ1n) is 9.91. The van der Waals surface area contributed by atoms with E-state index < -0.39 is 29.1 Å². The fraction of sp³-hybridized carbons (Fsp3) is 0.591. The van der Waals surface area contributed by atoms with E-state index in [1.165, 1.54) is 13.8 Å². The molecule has 1 N–H and O–H groups in total. The summed E-state index contributed by atoms with van der Waals surface area (Å²) in [5.41, 5.74) is -0.301. The van der Waals surface area contributed by atoms with Gasteiger partial charge in [-0.15, -0.1) is 0 Å². The van der Waals surface area contributed by atoms with E-state index in [-0.39, 0.29) is 17.6 Å². The number of ether oxygens (including phenoxy) is 2. The van der Waals surface area contributed by atoms with E-state index in [2.05, 4.69) is 0 Å². The molecule has 0 amide bonds. The molecule has 0 unspecified atom stereocenters. The van der Waals surface area contributed by atoms with E-state index in [0.29, 0.717) is 37.0 Å². The Labute approximate surface area is 164 Å². The van der Waals surface area contributed by atoms with Crippen molar-refractivity contribution in [3.63, 3.8) is 0 Å². The van der Waals surface area contributed by atoms with Crippen molar-refractivity contribution >= 4 is 17.7 Å². The smallest absolute Gasteiger partial charge is 0.308 e. The Morgan fingerprint density at radius 3 is 2.50 bits per heavy atom. The number of aryl methyl sites for hydroxylation is 1. The van der Waals surface area contributed by atoms with Crippen LogP contribution in [0.2, 0.25) is 0 Å². The Morgan fingerprint density at radius 1 is 1.11 bits per heavy atom. The highest BCUT2D eigenvalue weighted by atomic mass is 16.6. The van der Waals surface area contributed by atoms with Crippen LogP contribution in [0, 0.1) is 17.3 Å². The van der Waals surface area contributed by atoms with Gasteiger partial charge < -0.3 is 14.6 Å². The van der Waals surface area contributed by atoms with Crippen LogP contribution in [0.3, 0.4) is 0 Å². The van der Waals surface area contributed by atoms with Crippen LogP contribution in [0.15, 0.2) is 18.2 Å². The largest absolute Gasteiger partial charge is 0.459 e. The maximum absolute atomic E-state index is 12.7. The first-order chi connectivity index (χ1) is 13.2. The van der Waals surface area contributed by atoms with Gasteiger partial charge in [0.1, 0.15) is 23.2 Å². The highest BCUT2D eigenvalue weighted by Gasteiger charge is 2.65. The lowest BCUT2D eigenvalue weighted by molar-refractivity contribution is -0.214. The van der Waals surface area contributed by atoms with Crippen molar-refractivity contribution < 1.29 is 29.0 Å². The molecule has 3 aliphatic rings. The van der Waals surface area contributed by atoms with Crippen LogP contribution in [0.4, 0.5) is 0 Å². The molecule has 6 heteroatoms. The molecule has 28 heavy (non-hydrogen) atoms. The first kappa shape index (κ1) is 19.1. The molecule has 0 spiro atoms. The summed E-state index contributed by atoms with van der Waals surface area (Å²) < 4.78 is 10.8. The predicted molar refractivity (Wildman–Crippen MR) is 99.5 cm³/mol. The molecule has 1 aromatic carbocycles. The van der Waals surface area contributed by atoms with Gasteiger partial charge >= 0.3 is 11.9 Å². The van der Waals surface area contributed by atoms with Gasteiger partial charge in [0.05, 0.1) is 0 Å². The molecule has 0 aromatic heterocycles. The van der Waals surface area contributed by atoms with Crippen LogP contribution >= 0.6 is 0 Å². The second kappa shape index (κ2) is 6.41. The lowest BCUT2D eigenvalue weighted by atomic mass is 9.52. The lowest BCUT2D eigenvalue weighted by Crippen LogP contribution is -2.60. The summed E-state index contributed by atoms with van der Waals surface area (Å²) >= 11 is 0. The zero-order valence-electron chi connectivity index (χ0n) is 16.5. The van der Waals surface area contributed by atoms with Crippen LogP contribution in [-0.4, -0.2) is 28.9 Å². The van der Waals surface area contributed by atoms with Crippen molar-refractivity contribution in [2.24, 2.45) is 17.3 Å². The minimum absolute atomic E-state index is 0.0677. The topological polar surface area (TPSA) is 89.9 Å². The third-order valence-corrected chi connectivity index (χ3v) is 7.09. The van der Waals surface area contributed by atoms with Gasteiger partial charge in [0, 0.05) is 32.1 Å². The van der Waals surface area contributed by atoms with Crippen molar-refractivity contribution in [2.75, 3.05) is 0 Å². The van der Waals surface area contributed by atoms with Crippen LogP contribution < -0.4 is 4.74 Å². The molecule has 4 rings (SSSR count). The summed E-state index contributed by atoms with van der Waals surface area (Å²) in [5.74, 6) is -0.315. The van der Waals surface area contributed by atoms with Crippen LogP contribution in [0.25, 0.3) is 0 Å². The number of Topliss-reactive ketones (excluding diaryl/α,β-unsaturated/α-hetero) is 1. The first-order valence-corrected chi connectivity index (χ1v) is 9.91. The van der Waals surface area contributed by atoms with Gasteiger partial charge in [-0.2, -0.15) is 0 Å². The second-order valence-electron chi connectivity index (χ2n) is 8.67. The number of ketones is 1. The molecular weight excluding hydrogens is 360 g/mol. The monoisotopic (exact) mass is 386 g/mol. The maximum Gasteiger partial charge on any atom is 0.308 e. The zero-order valence-corrected chi connectivity index (χ0v) is 16.5. The van der Waals surface area contributed by atoms with E-state index in [4.69, 9.17) is 9.47 Å².